The van der Waals surface area contributed by atoms with Gasteiger partial charge >= 0.3 is 5.97 Å². The topological polar surface area (TPSA) is 49.8 Å². The van der Waals surface area contributed by atoms with Gasteiger partial charge in [0.05, 0.1) is 5.69 Å². The number of aryl methyl sites for hydroxylation is 1. The number of carboxylic acids is 1. The van der Waals surface area contributed by atoms with Crippen LogP contribution in [0.2, 0.25) is 0 Å². The molecule has 80 valence electrons. The molecule has 0 aliphatic carbocycles. The normalized spacial score (nSPS) is 19.3. The Hall–Kier alpha value is -1.71. The second-order valence-corrected chi connectivity index (χ2v) is 3.75. The summed E-state index contributed by atoms with van der Waals surface area (Å²) in [5.41, 5.74) is 1.93. The van der Waals surface area contributed by atoms with E-state index >= 15 is 0 Å². The largest absolute Gasteiger partial charge is 0.489 e. The van der Waals surface area contributed by atoms with Crippen molar-refractivity contribution in [1.29, 1.82) is 0 Å². The summed E-state index contributed by atoms with van der Waals surface area (Å²) >= 11 is 0. The molecule has 4 nitrogen and oxygen atoms in total. The van der Waals surface area contributed by atoms with Gasteiger partial charge < -0.3 is 14.7 Å². The highest BCUT2D eigenvalue weighted by atomic mass is 16.5. The van der Waals surface area contributed by atoms with Crippen LogP contribution in [0.1, 0.15) is 5.56 Å². The lowest BCUT2D eigenvalue weighted by atomic mass is 10.1. The number of aliphatic carboxylic acids is 1. The van der Waals surface area contributed by atoms with Crippen LogP contribution in [-0.2, 0) is 4.79 Å². The molecule has 2 rings (SSSR count). The van der Waals surface area contributed by atoms with E-state index in [1.807, 2.05) is 25.1 Å². The summed E-state index contributed by atoms with van der Waals surface area (Å²) in [5, 5.41) is 8.98. The van der Waals surface area contributed by atoms with Gasteiger partial charge in [-0.3, -0.25) is 0 Å². The van der Waals surface area contributed by atoms with Gasteiger partial charge in [0.15, 0.2) is 6.04 Å². The molecule has 0 fully saturated rings. The lowest BCUT2D eigenvalue weighted by Gasteiger charge is -2.33. The van der Waals surface area contributed by atoms with Crippen LogP contribution >= 0.6 is 0 Å². The van der Waals surface area contributed by atoms with Crippen LogP contribution in [0.25, 0.3) is 0 Å². The molecule has 1 aromatic carbocycles. The maximum atomic E-state index is 10.9. The van der Waals surface area contributed by atoms with E-state index in [0.717, 1.165) is 17.0 Å². The van der Waals surface area contributed by atoms with Gasteiger partial charge in [-0.1, -0.05) is 6.07 Å². The standard InChI is InChI=1S/C11H13NO3/c1-7-3-4-10-8(5-7)12(2)9(6-15-10)11(13)14/h3-5,9H,6H2,1-2H3,(H,13,14). The molecule has 4 heteroatoms. The van der Waals surface area contributed by atoms with E-state index in [9.17, 15) is 4.79 Å². The van der Waals surface area contributed by atoms with Gasteiger partial charge in [-0.25, -0.2) is 4.79 Å². The Balaban J connectivity index is 2.40. The predicted octanol–water partition coefficient (Wildman–Crippen LogP) is 1.28. The number of rotatable bonds is 1. The smallest absolute Gasteiger partial charge is 0.329 e. The Labute approximate surface area is 88.1 Å². The van der Waals surface area contributed by atoms with Crippen LogP contribution in [0.5, 0.6) is 5.75 Å². The molecule has 0 radical (unpaired) electrons. The van der Waals surface area contributed by atoms with Gasteiger partial charge in [0.2, 0.25) is 0 Å². The molecule has 0 spiro atoms. The van der Waals surface area contributed by atoms with Gasteiger partial charge in [-0.15, -0.1) is 0 Å². The van der Waals surface area contributed by atoms with Crippen molar-refractivity contribution in [3.05, 3.63) is 23.8 Å². The van der Waals surface area contributed by atoms with Crippen LogP contribution < -0.4 is 9.64 Å². The summed E-state index contributed by atoms with van der Waals surface area (Å²) in [7, 11) is 1.78. The van der Waals surface area contributed by atoms with E-state index in [1.54, 1.807) is 11.9 Å². The minimum Gasteiger partial charge on any atom is -0.489 e. The average Bonchev–Trinajstić information content (AvgIpc) is 2.19. The molecule has 1 unspecified atom stereocenters. The number of carbonyl (C=O) groups is 1. The van der Waals surface area contributed by atoms with E-state index in [0.29, 0.717) is 0 Å². The highest BCUT2D eigenvalue weighted by Gasteiger charge is 2.29. The zero-order valence-electron chi connectivity index (χ0n) is 8.73. The first-order valence-electron chi connectivity index (χ1n) is 4.78. The molecule has 0 amide bonds. The number of benzene rings is 1. The van der Waals surface area contributed by atoms with Crippen molar-refractivity contribution in [2.75, 3.05) is 18.6 Å². The predicted molar refractivity (Wildman–Crippen MR) is 56.5 cm³/mol. The second-order valence-electron chi connectivity index (χ2n) is 3.75. The van der Waals surface area contributed by atoms with E-state index < -0.39 is 12.0 Å². The third-order valence-electron chi connectivity index (χ3n) is 2.64. The molecular weight excluding hydrogens is 194 g/mol. The highest BCUT2D eigenvalue weighted by molar-refractivity contribution is 5.80. The minimum atomic E-state index is -0.857. The van der Waals surface area contributed by atoms with Crippen molar-refractivity contribution in [3.8, 4) is 5.75 Å². The Bertz CT molecular complexity index is 403. The zero-order chi connectivity index (χ0) is 11.0. The van der Waals surface area contributed by atoms with Crippen molar-refractivity contribution >= 4 is 11.7 Å². The minimum absolute atomic E-state index is 0.196. The van der Waals surface area contributed by atoms with Crippen molar-refractivity contribution in [3.63, 3.8) is 0 Å². The summed E-state index contributed by atoms with van der Waals surface area (Å²) in [5.74, 6) is -0.106. The molecule has 1 aliphatic heterocycles. The first kappa shape index (κ1) is 9.83. The number of likely N-dealkylation sites (N-methyl/N-ethyl adjacent to an activating group) is 1. The lowest BCUT2D eigenvalue weighted by molar-refractivity contribution is -0.139. The SMILES string of the molecule is Cc1ccc2c(c1)N(C)C(C(=O)O)CO2. The molecule has 15 heavy (non-hydrogen) atoms. The maximum Gasteiger partial charge on any atom is 0.329 e. The number of nitrogens with zero attached hydrogens (tertiary/aromatic N) is 1. The van der Waals surface area contributed by atoms with E-state index in [4.69, 9.17) is 9.84 Å². The molecule has 1 heterocycles. The molecular formula is C11H13NO3. The second kappa shape index (κ2) is 3.46. The van der Waals surface area contributed by atoms with E-state index in [2.05, 4.69) is 0 Å². The fraction of sp³-hybridized carbons (Fsp3) is 0.364. The molecule has 0 saturated heterocycles. The van der Waals surface area contributed by atoms with Crippen molar-refractivity contribution in [2.45, 2.75) is 13.0 Å². The molecule has 0 saturated carbocycles. The van der Waals surface area contributed by atoms with Gasteiger partial charge in [-0.05, 0) is 24.6 Å². The van der Waals surface area contributed by atoms with Gasteiger partial charge in [-0.2, -0.15) is 0 Å². The fourth-order valence-electron chi connectivity index (χ4n) is 1.71. The number of hydrogen-bond donors (Lipinski definition) is 1. The molecule has 0 bridgehead atoms. The van der Waals surface area contributed by atoms with Crippen LogP contribution in [0.4, 0.5) is 5.69 Å². The fourth-order valence-corrected chi connectivity index (χ4v) is 1.71. The number of carboxylic acid groups (broad SMARTS) is 1. The number of anilines is 1. The number of hydrogen-bond acceptors (Lipinski definition) is 3. The Morgan fingerprint density at radius 1 is 1.60 bits per heavy atom. The van der Waals surface area contributed by atoms with Gasteiger partial charge in [0.1, 0.15) is 12.4 Å². The number of ether oxygens (including phenoxy) is 1. The quantitative estimate of drug-likeness (QED) is 0.753. The van der Waals surface area contributed by atoms with Crippen molar-refractivity contribution in [1.82, 2.24) is 0 Å². The van der Waals surface area contributed by atoms with E-state index in [1.165, 1.54) is 0 Å². The molecule has 1 aromatic rings. The summed E-state index contributed by atoms with van der Waals surface area (Å²) in [4.78, 5) is 12.7. The van der Waals surface area contributed by atoms with Crippen molar-refractivity contribution in [2.24, 2.45) is 0 Å². The van der Waals surface area contributed by atoms with Crippen molar-refractivity contribution < 1.29 is 14.6 Å². The van der Waals surface area contributed by atoms with Crippen LogP contribution in [0, 0.1) is 6.92 Å². The van der Waals surface area contributed by atoms with E-state index in [-0.39, 0.29) is 6.61 Å². The first-order chi connectivity index (χ1) is 7.09. The molecule has 1 N–H and O–H groups in total. The average molecular weight is 207 g/mol. The Morgan fingerprint density at radius 2 is 2.33 bits per heavy atom. The molecule has 0 aromatic heterocycles. The van der Waals surface area contributed by atoms with Gasteiger partial charge in [0, 0.05) is 7.05 Å². The Morgan fingerprint density at radius 3 is 3.00 bits per heavy atom. The summed E-state index contributed by atoms with van der Waals surface area (Å²) in [6.07, 6.45) is 0. The summed E-state index contributed by atoms with van der Waals surface area (Å²) in [6.45, 7) is 2.17. The number of fused-ring (bicyclic) bond motifs is 1. The monoisotopic (exact) mass is 207 g/mol. The summed E-state index contributed by atoms with van der Waals surface area (Å²) < 4.78 is 5.40. The maximum absolute atomic E-state index is 10.9. The van der Waals surface area contributed by atoms with Crippen LogP contribution in [0.3, 0.4) is 0 Å². The van der Waals surface area contributed by atoms with Crippen LogP contribution in [-0.4, -0.2) is 30.8 Å². The van der Waals surface area contributed by atoms with Gasteiger partial charge in [0.25, 0.3) is 0 Å². The third kappa shape index (κ3) is 1.63. The summed E-state index contributed by atoms with van der Waals surface area (Å²) in [6, 6.07) is 5.16. The first-order valence-corrected chi connectivity index (χ1v) is 4.78. The zero-order valence-corrected chi connectivity index (χ0v) is 8.73. The molecule has 1 atom stereocenters. The Kier molecular flexibility index (Phi) is 2.26. The highest BCUT2D eigenvalue weighted by Crippen LogP contribution is 2.33. The van der Waals surface area contributed by atoms with Crippen LogP contribution in [0.15, 0.2) is 18.2 Å². The molecule has 1 aliphatic rings. The third-order valence-corrected chi connectivity index (χ3v) is 2.64. The lowest BCUT2D eigenvalue weighted by Crippen LogP contribution is -2.45.